The van der Waals surface area contributed by atoms with Gasteiger partial charge in [0.2, 0.25) is 0 Å². The van der Waals surface area contributed by atoms with Gasteiger partial charge in [0.15, 0.2) is 0 Å². The van der Waals surface area contributed by atoms with E-state index >= 15 is 0 Å². The smallest absolute Gasteiger partial charge is 0.293 e. The topological polar surface area (TPSA) is 44.8 Å². The van der Waals surface area contributed by atoms with E-state index in [0.717, 1.165) is 12.8 Å². The van der Waals surface area contributed by atoms with Crippen LogP contribution in [0.2, 0.25) is 0 Å². The Hall–Kier alpha value is -0.610. The molecule has 0 aliphatic heterocycles. The number of methoxy groups -OCH3 is 1. The highest BCUT2D eigenvalue weighted by Crippen LogP contribution is 1.90. The minimum Gasteiger partial charge on any atom is -0.468 e. The molecular weight excluding hydrogens is 160 g/mol. The van der Waals surface area contributed by atoms with Crippen LogP contribution in [0.5, 0.6) is 0 Å². The standard InChI is InChI=1S/C8H16O4/c1-10-6-7-11-4-2-3-5-12-8-9/h8H,2-7H2,1H3. The van der Waals surface area contributed by atoms with Gasteiger partial charge in [-0.05, 0) is 12.8 Å². The first kappa shape index (κ1) is 11.4. The average Bonchev–Trinajstić information content (AvgIpc) is 2.10. The van der Waals surface area contributed by atoms with E-state index in [9.17, 15) is 4.79 Å². The Morgan fingerprint density at radius 1 is 1.08 bits per heavy atom. The molecule has 0 aliphatic rings. The van der Waals surface area contributed by atoms with Gasteiger partial charge >= 0.3 is 0 Å². The molecule has 0 bridgehead atoms. The van der Waals surface area contributed by atoms with Crippen molar-refractivity contribution in [2.45, 2.75) is 12.8 Å². The Bertz CT molecular complexity index is 95.1. The van der Waals surface area contributed by atoms with Crippen molar-refractivity contribution < 1.29 is 19.0 Å². The summed E-state index contributed by atoms with van der Waals surface area (Å²) in [6, 6.07) is 0. The fourth-order valence-electron chi connectivity index (χ4n) is 0.682. The first-order valence-electron chi connectivity index (χ1n) is 4.03. The molecule has 0 saturated heterocycles. The van der Waals surface area contributed by atoms with Crippen molar-refractivity contribution >= 4 is 6.47 Å². The molecule has 72 valence electrons. The second-order valence-corrected chi connectivity index (χ2v) is 2.28. The van der Waals surface area contributed by atoms with Crippen molar-refractivity contribution in [2.75, 3.05) is 33.5 Å². The highest BCUT2D eigenvalue weighted by molar-refractivity contribution is 5.36. The van der Waals surface area contributed by atoms with Crippen molar-refractivity contribution in [1.29, 1.82) is 0 Å². The summed E-state index contributed by atoms with van der Waals surface area (Å²) in [6.45, 7) is 2.91. The summed E-state index contributed by atoms with van der Waals surface area (Å²) in [7, 11) is 1.64. The van der Waals surface area contributed by atoms with Crippen molar-refractivity contribution in [1.82, 2.24) is 0 Å². The Labute approximate surface area is 72.8 Å². The number of hydrogen-bond acceptors (Lipinski definition) is 4. The monoisotopic (exact) mass is 176 g/mol. The molecule has 0 saturated carbocycles. The van der Waals surface area contributed by atoms with E-state index in [0.29, 0.717) is 32.9 Å². The predicted octanol–water partition coefficient (Wildman–Crippen LogP) is 0.603. The molecule has 4 heteroatoms. The summed E-state index contributed by atoms with van der Waals surface area (Å²) in [5.41, 5.74) is 0. The quantitative estimate of drug-likeness (QED) is 0.381. The highest BCUT2D eigenvalue weighted by atomic mass is 16.5. The first-order valence-corrected chi connectivity index (χ1v) is 4.03. The van der Waals surface area contributed by atoms with Gasteiger partial charge in [0.25, 0.3) is 6.47 Å². The molecule has 0 fully saturated rings. The van der Waals surface area contributed by atoms with Gasteiger partial charge in [-0.15, -0.1) is 0 Å². The molecule has 0 unspecified atom stereocenters. The zero-order valence-corrected chi connectivity index (χ0v) is 7.45. The van der Waals surface area contributed by atoms with Gasteiger partial charge < -0.3 is 14.2 Å². The number of ether oxygens (including phenoxy) is 3. The summed E-state index contributed by atoms with van der Waals surface area (Å²) in [6.07, 6.45) is 1.77. The zero-order valence-electron chi connectivity index (χ0n) is 7.45. The zero-order chi connectivity index (χ0) is 9.07. The first-order chi connectivity index (χ1) is 5.91. The third-order valence-corrected chi connectivity index (χ3v) is 1.30. The number of rotatable bonds is 9. The minimum atomic E-state index is 0.464. The lowest BCUT2D eigenvalue weighted by atomic mass is 10.3. The molecule has 4 nitrogen and oxygen atoms in total. The van der Waals surface area contributed by atoms with E-state index in [-0.39, 0.29) is 0 Å². The lowest BCUT2D eigenvalue weighted by molar-refractivity contribution is -0.128. The van der Waals surface area contributed by atoms with Crippen LogP contribution in [0.3, 0.4) is 0 Å². The maximum Gasteiger partial charge on any atom is 0.293 e. The molecule has 0 aromatic heterocycles. The Morgan fingerprint density at radius 2 is 1.83 bits per heavy atom. The third kappa shape index (κ3) is 9.39. The molecule has 12 heavy (non-hydrogen) atoms. The Morgan fingerprint density at radius 3 is 2.50 bits per heavy atom. The second-order valence-electron chi connectivity index (χ2n) is 2.28. The molecular formula is C8H16O4. The van der Waals surface area contributed by atoms with E-state index in [1.54, 1.807) is 7.11 Å². The molecule has 0 heterocycles. The minimum absolute atomic E-state index is 0.464. The normalized spacial score (nSPS) is 9.75. The van der Waals surface area contributed by atoms with Gasteiger partial charge in [0.05, 0.1) is 19.8 Å². The van der Waals surface area contributed by atoms with E-state index in [1.165, 1.54) is 0 Å². The lowest BCUT2D eigenvalue weighted by Gasteiger charge is -2.02. The second kappa shape index (κ2) is 10.4. The van der Waals surface area contributed by atoms with Crippen molar-refractivity contribution in [2.24, 2.45) is 0 Å². The SMILES string of the molecule is COCCOCCCCOC=O. The molecule has 0 aromatic rings. The van der Waals surface area contributed by atoms with Gasteiger partial charge in [0.1, 0.15) is 0 Å². The molecule has 0 aliphatic carbocycles. The number of carbonyl (C=O) groups excluding carboxylic acids is 1. The van der Waals surface area contributed by atoms with E-state index < -0.39 is 0 Å². The molecule has 0 radical (unpaired) electrons. The Kier molecular flexibility index (Phi) is 9.86. The summed E-state index contributed by atoms with van der Waals surface area (Å²) < 4.78 is 14.5. The summed E-state index contributed by atoms with van der Waals surface area (Å²) in [5, 5.41) is 0. The van der Waals surface area contributed by atoms with Crippen LogP contribution in [0.15, 0.2) is 0 Å². The van der Waals surface area contributed by atoms with E-state index in [4.69, 9.17) is 9.47 Å². The van der Waals surface area contributed by atoms with Crippen LogP contribution in [-0.4, -0.2) is 40.0 Å². The predicted molar refractivity (Wildman–Crippen MR) is 43.9 cm³/mol. The van der Waals surface area contributed by atoms with Gasteiger partial charge in [0, 0.05) is 13.7 Å². The van der Waals surface area contributed by atoms with E-state index in [1.807, 2.05) is 0 Å². The highest BCUT2D eigenvalue weighted by Gasteiger charge is 1.89. The largest absolute Gasteiger partial charge is 0.468 e. The van der Waals surface area contributed by atoms with Crippen molar-refractivity contribution in [3.05, 3.63) is 0 Å². The maximum absolute atomic E-state index is 9.71. The third-order valence-electron chi connectivity index (χ3n) is 1.30. The molecule has 0 spiro atoms. The molecule has 0 atom stereocenters. The molecule has 0 aromatic carbocycles. The van der Waals surface area contributed by atoms with Crippen LogP contribution in [0.1, 0.15) is 12.8 Å². The Balaban J connectivity index is 2.77. The van der Waals surface area contributed by atoms with Crippen LogP contribution in [0, 0.1) is 0 Å². The molecule has 0 rings (SSSR count). The van der Waals surface area contributed by atoms with Crippen LogP contribution in [-0.2, 0) is 19.0 Å². The van der Waals surface area contributed by atoms with Gasteiger partial charge in [-0.2, -0.15) is 0 Å². The van der Waals surface area contributed by atoms with Crippen molar-refractivity contribution in [3.63, 3.8) is 0 Å². The molecule has 0 amide bonds. The van der Waals surface area contributed by atoms with Gasteiger partial charge in [-0.1, -0.05) is 0 Å². The van der Waals surface area contributed by atoms with Crippen LogP contribution in [0.4, 0.5) is 0 Å². The van der Waals surface area contributed by atoms with Crippen LogP contribution >= 0.6 is 0 Å². The number of carbonyl (C=O) groups is 1. The number of unbranched alkanes of at least 4 members (excludes halogenated alkanes) is 1. The summed E-state index contributed by atoms with van der Waals surface area (Å²) >= 11 is 0. The van der Waals surface area contributed by atoms with Crippen molar-refractivity contribution in [3.8, 4) is 0 Å². The fourth-order valence-corrected chi connectivity index (χ4v) is 0.682. The fraction of sp³-hybridized carbons (Fsp3) is 0.875. The van der Waals surface area contributed by atoms with Crippen LogP contribution < -0.4 is 0 Å². The maximum atomic E-state index is 9.71. The summed E-state index contributed by atoms with van der Waals surface area (Å²) in [5.74, 6) is 0. The molecule has 0 N–H and O–H groups in total. The lowest BCUT2D eigenvalue weighted by Crippen LogP contribution is -2.03. The van der Waals surface area contributed by atoms with E-state index in [2.05, 4.69) is 4.74 Å². The average molecular weight is 176 g/mol. The van der Waals surface area contributed by atoms with Gasteiger partial charge in [-0.25, -0.2) is 0 Å². The summed E-state index contributed by atoms with van der Waals surface area (Å²) in [4.78, 5) is 9.71. The number of hydrogen-bond donors (Lipinski definition) is 0. The van der Waals surface area contributed by atoms with Gasteiger partial charge in [-0.3, -0.25) is 4.79 Å². The van der Waals surface area contributed by atoms with Crippen LogP contribution in [0.25, 0.3) is 0 Å².